The molecular formula is C15H26N2O4. The van der Waals surface area contributed by atoms with Gasteiger partial charge in [0.1, 0.15) is 6.61 Å². The average molecular weight is 298 g/mol. The van der Waals surface area contributed by atoms with Crippen LogP contribution in [0.15, 0.2) is 0 Å². The second-order valence-corrected chi connectivity index (χ2v) is 6.21. The summed E-state index contributed by atoms with van der Waals surface area (Å²) >= 11 is 0. The first-order valence-electron chi connectivity index (χ1n) is 7.95. The summed E-state index contributed by atoms with van der Waals surface area (Å²) in [4.78, 5) is 24.6. The Labute approximate surface area is 125 Å². The Morgan fingerprint density at radius 2 is 1.86 bits per heavy atom. The van der Waals surface area contributed by atoms with E-state index in [0.29, 0.717) is 37.9 Å². The molecule has 2 amide bonds. The lowest BCUT2D eigenvalue weighted by Gasteiger charge is -2.35. The molecule has 2 unspecified atom stereocenters. The molecule has 2 atom stereocenters. The van der Waals surface area contributed by atoms with Crippen molar-refractivity contribution >= 4 is 12.0 Å². The molecule has 120 valence electrons. The van der Waals surface area contributed by atoms with Crippen LogP contribution >= 0.6 is 0 Å². The summed E-state index contributed by atoms with van der Waals surface area (Å²) in [6.07, 6.45) is 6.10. The van der Waals surface area contributed by atoms with E-state index in [2.05, 4.69) is 12.2 Å². The van der Waals surface area contributed by atoms with Crippen molar-refractivity contribution in [3.8, 4) is 0 Å². The van der Waals surface area contributed by atoms with Crippen molar-refractivity contribution in [3.05, 3.63) is 0 Å². The summed E-state index contributed by atoms with van der Waals surface area (Å²) in [6, 6.07) is 0.317. The SMILES string of the molecule is CC1CCCCC1NC(=O)N1CCC(OCC(=O)O)CC1. The maximum atomic E-state index is 12.3. The number of nitrogens with zero attached hydrogens (tertiary/aromatic N) is 1. The van der Waals surface area contributed by atoms with Gasteiger partial charge in [0.25, 0.3) is 0 Å². The molecule has 6 nitrogen and oxygen atoms in total. The fourth-order valence-corrected chi connectivity index (χ4v) is 3.20. The lowest BCUT2D eigenvalue weighted by atomic mass is 9.86. The van der Waals surface area contributed by atoms with Crippen LogP contribution in [0.4, 0.5) is 4.79 Å². The number of urea groups is 1. The molecule has 0 bridgehead atoms. The zero-order chi connectivity index (χ0) is 15.2. The number of rotatable bonds is 4. The third-order valence-corrected chi connectivity index (χ3v) is 4.59. The van der Waals surface area contributed by atoms with Crippen molar-refractivity contribution < 1.29 is 19.4 Å². The minimum Gasteiger partial charge on any atom is -0.480 e. The zero-order valence-electron chi connectivity index (χ0n) is 12.7. The molecule has 0 aromatic carbocycles. The standard InChI is InChI=1S/C15H26N2O4/c1-11-4-2-3-5-13(11)16-15(20)17-8-6-12(7-9-17)21-10-14(18)19/h11-13H,2-10H2,1H3,(H,16,20)(H,18,19). The minimum absolute atomic E-state index is 0.0189. The number of likely N-dealkylation sites (tertiary alicyclic amines) is 1. The molecule has 0 spiro atoms. The topological polar surface area (TPSA) is 78.9 Å². The van der Waals surface area contributed by atoms with E-state index in [-0.39, 0.29) is 18.7 Å². The second-order valence-electron chi connectivity index (χ2n) is 6.21. The highest BCUT2D eigenvalue weighted by molar-refractivity contribution is 5.74. The van der Waals surface area contributed by atoms with Crippen LogP contribution in [0.1, 0.15) is 45.4 Å². The first-order chi connectivity index (χ1) is 10.1. The number of hydrogen-bond donors (Lipinski definition) is 2. The van der Waals surface area contributed by atoms with Crippen LogP contribution in [-0.4, -0.2) is 53.8 Å². The molecule has 1 saturated carbocycles. The van der Waals surface area contributed by atoms with Crippen LogP contribution in [0.3, 0.4) is 0 Å². The predicted molar refractivity (Wildman–Crippen MR) is 78.1 cm³/mol. The van der Waals surface area contributed by atoms with E-state index in [4.69, 9.17) is 9.84 Å². The van der Waals surface area contributed by atoms with Crippen LogP contribution in [-0.2, 0) is 9.53 Å². The number of carboxylic acid groups (broad SMARTS) is 1. The summed E-state index contributed by atoms with van der Waals surface area (Å²) in [5.74, 6) is -0.388. The fourth-order valence-electron chi connectivity index (χ4n) is 3.20. The second kappa shape index (κ2) is 7.64. The molecule has 0 aromatic heterocycles. The largest absolute Gasteiger partial charge is 0.480 e. The molecule has 6 heteroatoms. The Morgan fingerprint density at radius 3 is 2.48 bits per heavy atom. The molecule has 1 aliphatic carbocycles. The Kier molecular flexibility index (Phi) is 5.85. The smallest absolute Gasteiger partial charge is 0.329 e. The van der Waals surface area contributed by atoms with E-state index < -0.39 is 5.97 Å². The third kappa shape index (κ3) is 4.88. The number of carboxylic acids is 1. The average Bonchev–Trinajstić information content (AvgIpc) is 2.48. The van der Waals surface area contributed by atoms with Crippen molar-refractivity contribution in [1.29, 1.82) is 0 Å². The summed E-state index contributed by atoms with van der Waals surface area (Å²) in [5, 5.41) is 11.7. The van der Waals surface area contributed by atoms with Gasteiger partial charge < -0.3 is 20.1 Å². The number of ether oxygens (including phenoxy) is 1. The van der Waals surface area contributed by atoms with Gasteiger partial charge in [-0.25, -0.2) is 9.59 Å². The summed E-state index contributed by atoms with van der Waals surface area (Å²) in [5.41, 5.74) is 0. The quantitative estimate of drug-likeness (QED) is 0.830. The molecule has 21 heavy (non-hydrogen) atoms. The molecule has 1 heterocycles. The fraction of sp³-hybridized carbons (Fsp3) is 0.867. The van der Waals surface area contributed by atoms with Crippen LogP contribution in [0.2, 0.25) is 0 Å². The summed E-state index contributed by atoms with van der Waals surface area (Å²) in [6.45, 7) is 3.22. The van der Waals surface area contributed by atoms with E-state index in [1.165, 1.54) is 19.3 Å². The normalized spacial score (nSPS) is 27.4. The van der Waals surface area contributed by atoms with Crippen LogP contribution in [0.5, 0.6) is 0 Å². The Balaban J connectivity index is 1.71. The molecule has 0 radical (unpaired) electrons. The number of piperidine rings is 1. The van der Waals surface area contributed by atoms with Gasteiger partial charge in [-0.2, -0.15) is 0 Å². The minimum atomic E-state index is -0.943. The Bertz CT molecular complexity index is 367. The van der Waals surface area contributed by atoms with Gasteiger partial charge in [0.2, 0.25) is 0 Å². The van der Waals surface area contributed by atoms with E-state index in [1.807, 2.05) is 4.90 Å². The summed E-state index contributed by atoms with van der Waals surface area (Å²) < 4.78 is 5.28. The van der Waals surface area contributed by atoms with Gasteiger partial charge in [0, 0.05) is 19.1 Å². The number of carbonyl (C=O) groups excluding carboxylic acids is 1. The maximum Gasteiger partial charge on any atom is 0.329 e. The molecule has 0 aromatic rings. The number of amides is 2. The highest BCUT2D eigenvalue weighted by Crippen LogP contribution is 2.24. The molecule has 2 aliphatic rings. The zero-order valence-corrected chi connectivity index (χ0v) is 12.7. The van der Waals surface area contributed by atoms with Crippen molar-refractivity contribution in [3.63, 3.8) is 0 Å². The maximum absolute atomic E-state index is 12.3. The van der Waals surface area contributed by atoms with Crippen LogP contribution < -0.4 is 5.32 Å². The molecule has 1 saturated heterocycles. The Hall–Kier alpha value is -1.30. The predicted octanol–water partition coefficient (Wildman–Crippen LogP) is 1.84. The lowest BCUT2D eigenvalue weighted by molar-refractivity contribution is -0.145. The van der Waals surface area contributed by atoms with E-state index in [1.54, 1.807) is 0 Å². The van der Waals surface area contributed by atoms with E-state index in [9.17, 15) is 9.59 Å². The van der Waals surface area contributed by atoms with Gasteiger partial charge in [0.05, 0.1) is 6.10 Å². The number of carbonyl (C=O) groups is 2. The van der Waals surface area contributed by atoms with Crippen LogP contribution in [0, 0.1) is 5.92 Å². The van der Waals surface area contributed by atoms with Gasteiger partial charge in [-0.15, -0.1) is 0 Å². The molecular weight excluding hydrogens is 272 g/mol. The van der Waals surface area contributed by atoms with E-state index in [0.717, 1.165) is 6.42 Å². The number of nitrogens with one attached hydrogen (secondary N) is 1. The van der Waals surface area contributed by atoms with Gasteiger partial charge in [0.15, 0.2) is 0 Å². The molecule has 2 fully saturated rings. The van der Waals surface area contributed by atoms with Gasteiger partial charge in [-0.3, -0.25) is 0 Å². The van der Waals surface area contributed by atoms with Gasteiger partial charge in [-0.05, 0) is 31.6 Å². The number of aliphatic carboxylic acids is 1. The third-order valence-electron chi connectivity index (χ3n) is 4.59. The van der Waals surface area contributed by atoms with E-state index >= 15 is 0 Å². The lowest BCUT2D eigenvalue weighted by Crippen LogP contribution is -2.51. The van der Waals surface area contributed by atoms with Crippen LogP contribution in [0.25, 0.3) is 0 Å². The van der Waals surface area contributed by atoms with Crippen molar-refractivity contribution in [1.82, 2.24) is 10.2 Å². The van der Waals surface area contributed by atoms with Crippen molar-refractivity contribution in [2.45, 2.75) is 57.6 Å². The highest BCUT2D eigenvalue weighted by atomic mass is 16.5. The molecule has 2 N–H and O–H groups in total. The number of hydrogen-bond acceptors (Lipinski definition) is 3. The Morgan fingerprint density at radius 1 is 1.19 bits per heavy atom. The van der Waals surface area contributed by atoms with Crippen molar-refractivity contribution in [2.24, 2.45) is 5.92 Å². The van der Waals surface area contributed by atoms with Crippen molar-refractivity contribution in [2.75, 3.05) is 19.7 Å². The molecule has 1 aliphatic heterocycles. The first-order valence-corrected chi connectivity index (χ1v) is 7.95. The van der Waals surface area contributed by atoms with Gasteiger partial charge >= 0.3 is 12.0 Å². The van der Waals surface area contributed by atoms with Gasteiger partial charge in [-0.1, -0.05) is 19.8 Å². The molecule has 2 rings (SSSR count). The monoisotopic (exact) mass is 298 g/mol. The summed E-state index contributed by atoms with van der Waals surface area (Å²) in [7, 11) is 0. The highest BCUT2D eigenvalue weighted by Gasteiger charge is 2.27. The first kappa shape index (κ1) is 16.1.